The molecule has 2 nitrogen and oxygen atoms in total. The van der Waals surface area contributed by atoms with Crippen LogP contribution in [0.3, 0.4) is 0 Å². The summed E-state index contributed by atoms with van der Waals surface area (Å²) < 4.78 is 0. The summed E-state index contributed by atoms with van der Waals surface area (Å²) >= 11 is 0. The van der Waals surface area contributed by atoms with E-state index in [0.29, 0.717) is 11.7 Å². The fraction of sp³-hybridized carbons (Fsp3) is 0.909. The van der Waals surface area contributed by atoms with Crippen LogP contribution in [0.4, 0.5) is 0 Å². The second kappa shape index (κ2) is 2.35. The quantitative estimate of drug-likeness (QED) is 0.613. The molecule has 4 saturated carbocycles. The van der Waals surface area contributed by atoms with E-state index in [-0.39, 0.29) is 11.8 Å². The molecule has 0 aromatic carbocycles. The van der Waals surface area contributed by atoms with Crippen molar-refractivity contribution < 1.29 is 9.90 Å². The van der Waals surface area contributed by atoms with Crippen molar-refractivity contribution >= 4 is 5.78 Å². The van der Waals surface area contributed by atoms with E-state index in [1.165, 1.54) is 6.42 Å². The summed E-state index contributed by atoms with van der Waals surface area (Å²) in [4.78, 5) is 11.8. The maximum absolute atomic E-state index is 11.8. The molecule has 4 fully saturated rings. The lowest BCUT2D eigenvalue weighted by molar-refractivity contribution is -0.143. The number of aliphatic hydroxyl groups is 1. The van der Waals surface area contributed by atoms with Crippen molar-refractivity contribution in [2.45, 2.75) is 44.1 Å². The molecule has 1 N–H and O–H groups in total. The van der Waals surface area contributed by atoms with Crippen molar-refractivity contribution in [3.8, 4) is 0 Å². The Balaban J connectivity index is 2.01. The molecule has 0 heterocycles. The summed E-state index contributed by atoms with van der Waals surface area (Å²) in [6, 6.07) is 0. The molecule has 4 rings (SSSR count). The van der Waals surface area contributed by atoms with Crippen molar-refractivity contribution in [1.82, 2.24) is 0 Å². The highest BCUT2D eigenvalue weighted by Gasteiger charge is 2.51. The average molecular weight is 180 g/mol. The zero-order chi connectivity index (χ0) is 9.05. The first-order valence-corrected chi connectivity index (χ1v) is 5.42. The van der Waals surface area contributed by atoms with Crippen LogP contribution in [0.15, 0.2) is 0 Å². The van der Waals surface area contributed by atoms with E-state index in [0.717, 1.165) is 32.1 Å². The molecule has 13 heavy (non-hydrogen) atoms. The fourth-order valence-corrected chi connectivity index (χ4v) is 3.83. The van der Waals surface area contributed by atoms with Gasteiger partial charge in [-0.15, -0.1) is 0 Å². The first-order valence-electron chi connectivity index (χ1n) is 5.42. The zero-order valence-electron chi connectivity index (χ0n) is 7.83. The van der Waals surface area contributed by atoms with Crippen LogP contribution >= 0.6 is 0 Å². The number of fused-ring (bicyclic) bond motifs is 1. The molecule has 0 aromatic rings. The van der Waals surface area contributed by atoms with Crippen molar-refractivity contribution in [3.63, 3.8) is 0 Å². The monoisotopic (exact) mass is 180 g/mol. The Labute approximate surface area is 78.3 Å². The van der Waals surface area contributed by atoms with Crippen molar-refractivity contribution in [3.05, 3.63) is 0 Å². The lowest BCUT2D eigenvalue weighted by Gasteiger charge is -2.43. The Bertz CT molecular complexity index is 257. The lowest BCUT2D eigenvalue weighted by atomic mass is 9.64. The van der Waals surface area contributed by atoms with Gasteiger partial charge in [0.2, 0.25) is 0 Å². The van der Waals surface area contributed by atoms with Crippen molar-refractivity contribution in [2.75, 3.05) is 0 Å². The summed E-state index contributed by atoms with van der Waals surface area (Å²) in [5, 5.41) is 10.2. The third-order valence-electron chi connectivity index (χ3n) is 4.27. The minimum Gasteiger partial charge on any atom is -0.390 e. The van der Waals surface area contributed by atoms with Gasteiger partial charge in [0, 0.05) is 11.8 Å². The molecular formula is C11H16O2. The van der Waals surface area contributed by atoms with Crippen LogP contribution in [0.1, 0.15) is 38.5 Å². The van der Waals surface area contributed by atoms with Crippen LogP contribution in [0.25, 0.3) is 0 Å². The van der Waals surface area contributed by atoms with E-state index in [1.807, 2.05) is 0 Å². The van der Waals surface area contributed by atoms with Gasteiger partial charge in [-0.3, -0.25) is 4.79 Å². The molecule has 4 atom stereocenters. The third kappa shape index (κ3) is 1.08. The highest BCUT2D eigenvalue weighted by atomic mass is 16.3. The molecule has 2 heteroatoms. The second-order valence-corrected chi connectivity index (χ2v) is 5.31. The molecule has 4 aliphatic rings. The van der Waals surface area contributed by atoms with Crippen LogP contribution in [0.5, 0.6) is 0 Å². The van der Waals surface area contributed by atoms with Gasteiger partial charge in [-0.2, -0.15) is 0 Å². The average Bonchev–Trinajstić information content (AvgIpc) is 2.24. The Hall–Kier alpha value is -0.370. The minimum atomic E-state index is -0.456. The van der Waals surface area contributed by atoms with Gasteiger partial charge >= 0.3 is 0 Å². The normalized spacial score (nSPS) is 53.9. The van der Waals surface area contributed by atoms with Gasteiger partial charge in [0.25, 0.3) is 0 Å². The Morgan fingerprint density at radius 2 is 1.92 bits per heavy atom. The number of carbonyl (C=O) groups excluding carboxylic acids is 1. The lowest BCUT2D eigenvalue weighted by Crippen LogP contribution is -2.47. The molecule has 4 aliphatic carbocycles. The third-order valence-corrected chi connectivity index (χ3v) is 4.27. The second-order valence-electron chi connectivity index (χ2n) is 5.31. The first-order chi connectivity index (χ1) is 6.16. The molecule has 0 amide bonds. The molecule has 0 aromatic heterocycles. The van der Waals surface area contributed by atoms with Crippen LogP contribution < -0.4 is 0 Å². The van der Waals surface area contributed by atoms with Gasteiger partial charge in [0.05, 0.1) is 5.60 Å². The van der Waals surface area contributed by atoms with Gasteiger partial charge in [-0.25, -0.2) is 0 Å². The molecule has 72 valence electrons. The Morgan fingerprint density at radius 3 is 2.77 bits per heavy atom. The maximum Gasteiger partial charge on any atom is 0.139 e. The number of hydrogen-bond donors (Lipinski definition) is 1. The summed E-state index contributed by atoms with van der Waals surface area (Å²) in [7, 11) is 0. The van der Waals surface area contributed by atoms with E-state index in [9.17, 15) is 9.90 Å². The Morgan fingerprint density at radius 1 is 1.15 bits per heavy atom. The molecule has 4 unspecified atom stereocenters. The summed E-state index contributed by atoms with van der Waals surface area (Å²) in [5.41, 5.74) is -0.456. The van der Waals surface area contributed by atoms with Crippen LogP contribution in [-0.4, -0.2) is 16.5 Å². The van der Waals surface area contributed by atoms with Gasteiger partial charge in [-0.05, 0) is 44.4 Å². The largest absolute Gasteiger partial charge is 0.390 e. The summed E-state index contributed by atoms with van der Waals surface area (Å²) in [6.07, 6.45) is 5.78. The zero-order valence-corrected chi connectivity index (χ0v) is 7.83. The Kier molecular flexibility index (Phi) is 1.44. The SMILES string of the molecule is O=C1C2CCC3CC1CC(O)(C3)C2. The number of hydrogen-bond acceptors (Lipinski definition) is 2. The van der Waals surface area contributed by atoms with E-state index < -0.39 is 5.60 Å². The van der Waals surface area contributed by atoms with Crippen LogP contribution in [0.2, 0.25) is 0 Å². The topological polar surface area (TPSA) is 37.3 Å². The number of carbonyl (C=O) groups is 1. The highest BCUT2D eigenvalue weighted by Crippen LogP contribution is 2.51. The van der Waals surface area contributed by atoms with Gasteiger partial charge in [0.1, 0.15) is 5.78 Å². The first kappa shape index (κ1) is 7.98. The molecule has 4 bridgehead atoms. The number of rotatable bonds is 0. The van der Waals surface area contributed by atoms with Crippen LogP contribution in [-0.2, 0) is 4.79 Å². The van der Waals surface area contributed by atoms with Crippen LogP contribution in [0, 0.1) is 17.8 Å². The standard InChI is InChI=1S/C11H16O2/c12-10-8-2-1-7-3-9(10)6-11(13,4-7)5-8/h7-9,13H,1-6H2. The van der Waals surface area contributed by atoms with E-state index in [4.69, 9.17) is 0 Å². The molecular weight excluding hydrogens is 164 g/mol. The summed E-state index contributed by atoms with van der Waals surface area (Å²) in [5.74, 6) is 1.52. The van der Waals surface area contributed by atoms with Gasteiger partial charge in [0.15, 0.2) is 0 Å². The fourth-order valence-electron chi connectivity index (χ4n) is 3.83. The van der Waals surface area contributed by atoms with Crippen molar-refractivity contribution in [1.29, 1.82) is 0 Å². The highest BCUT2D eigenvalue weighted by molar-refractivity contribution is 5.85. The molecule has 0 spiro atoms. The van der Waals surface area contributed by atoms with E-state index in [1.54, 1.807) is 0 Å². The predicted octanol–water partition coefficient (Wildman–Crippen LogP) is 1.52. The number of ketones is 1. The van der Waals surface area contributed by atoms with E-state index in [2.05, 4.69) is 0 Å². The molecule has 0 aliphatic heterocycles. The smallest absolute Gasteiger partial charge is 0.139 e. The molecule has 0 radical (unpaired) electrons. The number of Topliss-reactive ketones (excluding diaryl/α,β-unsaturated/α-hetero) is 1. The van der Waals surface area contributed by atoms with Crippen molar-refractivity contribution in [2.24, 2.45) is 17.8 Å². The van der Waals surface area contributed by atoms with E-state index >= 15 is 0 Å². The predicted molar refractivity (Wildman–Crippen MR) is 48.1 cm³/mol. The van der Waals surface area contributed by atoms with Gasteiger partial charge < -0.3 is 5.11 Å². The van der Waals surface area contributed by atoms with Gasteiger partial charge in [-0.1, -0.05) is 0 Å². The summed E-state index contributed by atoms with van der Waals surface area (Å²) in [6.45, 7) is 0. The minimum absolute atomic E-state index is 0.205. The maximum atomic E-state index is 11.8. The molecule has 0 saturated heterocycles.